The number of nitrogens with zero attached hydrogens (tertiary/aromatic N) is 1. The smallest absolute Gasteiger partial charge is 0.374 e. The van der Waals surface area contributed by atoms with Crippen molar-refractivity contribution in [3.8, 4) is 17.2 Å². The van der Waals surface area contributed by atoms with Crippen LogP contribution in [0.2, 0.25) is 0 Å². The molecule has 248 valence electrons. The molecule has 4 heterocycles. The van der Waals surface area contributed by atoms with E-state index in [1.807, 2.05) is 19.1 Å². The molecule has 4 aliphatic heterocycles. The number of Topliss-reactive ketones (excluding diaryl/α,β-unsaturated/α-hetero) is 1. The molecule has 0 radical (unpaired) electrons. The molecule has 1 aliphatic carbocycles. The number of hydrogen-bond donors (Lipinski definition) is 3. The van der Waals surface area contributed by atoms with E-state index in [2.05, 4.69) is 22.5 Å². The Hall–Kier alpha value is -3.99. The maximum absolute atomic E-state index is 13.4. The minimum Gasteiger partial charge on any atom is -0.496 e. The minimum atomic E-state index is -1.13. The van der Waals surface area contributed by atoms with Crippen molar-refractivity contribution in [3.63, 3.8) is 0 Å². The van der Waals surface area contributed by atoms with E-state index in [-0.39, 0.29) is 35.7 Å². The molecule has 3 N–H and O–H groups in total. The first-order valence-corrected chi connectivity index (χ1v) is 16.7. The van der Waals surface area contributed by atoms with Crippen molar-refractivity contribution in [3.05, 3.63) is 68.4 Å². The van der Waals surface area contributed by atoms with Gasteiger partial charge >= 0.3 is 5.97 Å². The molecule has 2 fully saturated rings. The lowest BCUT2D eigenvalue weighted by atomic mass is 9.76. The Balaban J connectivity index is 1.36. The molecule has 7 rings (SSSR count). The van der Waals surface area contributed by atoms with Gasteiger partial charge in [0.15, 0.2) is 0 Å². The summed E-state index contributed by atoms with van der Waals surface area (Å²) in [7, 11) is 1.58. The number of rotatable bonds is 7. The number of hydrogen-bond acceptors (Lipinski definition) is 10. The molecule has 0 spiro atoms. The number of benzene rings is 2. The molecule has 0 aromatic heterocycles. The van der Waals surface area contributed by atoms with Crippen LogP contribution in [0.4, 0.5) is 0 Å². The number of aliphatic hydroxyl groups excluding tert-OH is 1. The van der Waals surface area contributed by atoms with Crippen LogP contribution in [0.1, 0.15) is 74.1 Å². The Kier molecular flexibility index (Phi) is 8.44. The first-order valence-electron chi connectivity index (χ1n) is 16.7. The number of ketones is 1. The van der Waals surface area contributed by atoms with Crippen LogP contribution in [0.5, 0.6) is 17.2 Å². The Morgan fingerprint density at radius 2 is 1.98 bits per heavy atom. The predicted octanol–water partition coefficient (Wildman–Crippen LogP) is 2.79. The molecule has 1 saturated carbocycles. The van der Waals surface area contributed by atoms with Gasteiger partial charge in [-0.2, -0.15) is 0 Å². The van der Waals surface area contributed by atoms with Gasteiger partial charge in [0.05, 0.1) is 43.4 Å². The fraction of sp³-hybridized carbons (Fsp3) is 0.486. The summed E-state index contributed by atoms with van der Waals surface area (Å²) in [5.41, 5.74) is 3.24. The Morgan fingerprint density at radius 3 is 2.72 bits per heavy atom. The van der Waals surface area contributed by atoms with Crippen molar-refractivity contribution < 1.29 is 38.7 Å². The average molecular weight is 643 g/mol. The number of methoxy groups -OCH3 is 1. The average Bonchev–Trinajstić information content (AvgIpc) is 3.75. The van der Waals surface area contributed by atoms with Crippen LogP contribution in [0, 0.1) is 5.92 Å². The van der Waals surface area contributed by atoms with Crippen LogP contribution in [0.3, 0.4) is 0 Å². The van der Waals surface area contributed by atoms with Gasteiger partial charge in [0, 0.05) is 24.3 Å². The predicted molar refractivity (Wildman–Crippen MR) is 174 cm³/mol. The van der Waals surface area contributed by atoms with E-state index in [1.165, 1.54) is 0 Å². The lowest BCUT2D eigenvalue weighted by molar-refractivity contribution is -0.141. The highest BCUT2D eigenvalue weighted by Gasteiger charge is 2.48. The molecule has 3 unspecified atom stereocenters. The van der Waals surface area contributed by atoms with E-state index in [0.29, 0.717) is 54.9 Å². The SMILES string of the molecule is CCOC(=O)C1=CC(=C2CCC(=O)C(c3ccc4c(c3)=CCN=4)C2)c2c(OC)c3c(c(CO)c2O1)OC(C(C)(O)C1CCNCC1)C3. The van der Waals surface area contributed by atoms with Gasteiger partial charge in [-0.15, -0.1) is 0 Å². The van der Waals surface area contributed by atoms with Gasteiger partial charge in [-0.05, 0) is 93.1 Å². The number of carbonyl (C=O) groups excluding carboxylic acids is 2. The van der Waals surface area contributed by atoms with Crippen molar-refractivity contribution in [2.24, 2.45) is 10.9 Å². The number of ether oxygens (including phenoxy) is 4. The summed E-state index contributed by atoms with van der Waals surface area (Å²) in [6.45, 7) is 5.59. The summed E-state index contributed by atoms with van der Waals surface area (Å²) in [6.07, 6.45) is 6.51. The van der Waals surface area contributed by atoms with Crippen LogP contribution < -0.4 is 30.1 Å². The minimum absolute atomic E-state index is 0.0167. The second kappa shape index (κ2) is 12.6. The molecule has 3 atom stereocenters. The molecule has 0 amide bonds. The van der Waals surface area contributed by atoms with E-state index in [4.69, 9.17) is 18.9 Å². The first kappa shape index (κ1) is 31.6. The number of allylic oxidation sites excluding steroid dienone is 3. The number of nitrogens with one attached hydrogen (secondary N) is 1. The molecular formula is C37H42N2O8. The highest BCUT2D eigenvalue weighted by Crippen LogP contribution is 2.55. The zero-order chi connectivity index (χ0) is 32.9. The summed E-state index contributed by atoms with van der Waals surface area (Å²) >= 11 is 0. The fourth-order valence-electron chi connectivity index (χ4n) is 7.93. The van der Waals surface area contributed by atoms with Crippen LogP contribution >= 0.6 is 0 Å². The fourth-order valence-corrected chi connectivity index (χ4v) is 7.93. The maximum Gasteiger partial charge on any atom is 0.374 e. The Morgan fingerprint density at radius 1 is 1.17 bits per heavy atom. The monoisotopic (exact) mass is 642 g/mol. The summed E-state index contributed by atoms with van der Waals surface area (Å²) in [5, 5.41) is 28.0. The molecule has 5 aliphatic rings. The van der Waals surface area contributed by atoms with Crippen molar-refractivity contribution in [1.82, 2.24) is 5.32 Å². The number of esters is 1. The normalized spacial score (nSPS) is 24.8. The van der Waals surface area contributed by atoms with Gasteiger partial charge in [0.1, 0.15) is 34.7 Å². The van der Waals surface area contributed by atoms with Gasteiger partial charge in [0.2, 0.25) is 5.76 Å². The highest BCUT2D eigenvalue weighted by atomic mass is 16.6. The Labute approximate surface area is 273 Å². The summed E-state index contributed by atoms with van der Waals surface area (Å²) < 4.78 is 24.2. The largest absolute Gasteiger partial charge is 0.496 e. The number of aliphatic hydroxyl groups is 2. The summed E-state index contributed by atoms with van der Waals surface area (Å²) in [6, 6.07) is 6.02. The topological polar surface area (TPSA) is 136 Å². The molecule has 1 saturated heterocycles. The zero-order valence-electron chi connectivity index (χ0n) is 27.2. The van der Waals surface area contributed by atoms with Crippen molar-refractivity contribution in [2.45, 2.75) is 76.6 Å². The molecule has 10 nitrogen and oxygen atoms in total. The third kappa shape index (κ3) is 5.46. The summed E-state index contributed by atoms with van der Waals surface area (Å²) in [5.74, 6) is 0.384. The molecule has 10 heteroatoms. The molecule has 2 aromatic carbocycles. The van der Waals surface area contributed by atoms with E-state index >= 15 is 0 Å². The number of carbonyl (C=O) groups is 2. The van der Waals surface area contributed by atoms with Crippen molar-refractivity contribution in [2.75, 3.05) is 33.4 Å². The first-order chi connectivity index (χ1) is 22.7. The lowest BCUT2D eigenvalue weighted by Crippen LogP contribution is -2.51. The van der Waals surface area contributed by atoms with Gasteiger partial charge in [-0.3, -0.25) is 9.79 Å². The zero-order valence-corrected chi connectivity index (χ0v) is 27.2. The standard InChI is InChI=1S/C37H42N2O8/c1-4-45-36(42)30-17-25(21-6-8-29(41)24(16-21)20-5-7-28-22(15-20)9-14-39-28)32-34(44-3)26-18-31(37(2,43)23-10-12-38-13-11-23)47-33(26)27(19-40)35(32)46-30/h5,7,9,15,17,23-24,31,38,40,43H,4,6,8,10-14,16,18-19H2,1-3H3. The summed E-state index contributed by atoms with van der Waals surface area (Å²) in [4.78, 5) is 31.0. The molecular weight excluding hydrogens is 600 g/mol. The Bertz CT molecular complexity index is 1820. The van der Waals surface area contributed by atoms with E-state index in [1.54, 1.807) is 20.1 Å². The van der Waals surface area contributed by atoms with Crippen LogP contribution in [0.25, 0.3) is 11.6 Å². The second-order valence-corrected chi connectivity index (χ2v) is 13.2. The third-order valence-corrected chi connectivity index (χ3v) is 10.5. The van der Waals surface area contributed by atoms with Gasteiger partial charge in [-0.1, -0.05) is 17.7 Å². The second-order valence-electron chi connectivity index (χ2n) is 13.2. The number of piperidine rings is 1. The van der Waals surface area contributed by atoms with Crippen molar-refractivity contribution in [1.29, 1.82) is 0 Å². The van der Waals surface area contributed by atoms with Crippen LogP contribution in [-0.2, 0) is 27.4 Å². The lowest BCUT2D eigenvalue weighted by Gasteiger charge is -2.39. The van der Waals surface area contributed by atoms with E-state index < -0.39 is 24.3 Å². The molecule has 0 bridgehead atoms. The van der Waals surface area contributed by atoms with Gasteiger partial charge in [-0.25, -0.2) is 4.79 Å². The van der Waals surface area contributed by atoms with Crippen LogP contribution in [-0.4, -0.2) is 67.0 Å². The molecule has 47 heavy (non-hydrogen) atoms. The molecule has 2 aromatic rings. The third-order valence-electron chi connectivity index (χ3n) is 10.5. The van der Waals surface area contributed by atoms with Gasteiger partial charge in [0.25, 0.3) is 0 Å². The van der Waals surface area contributed by atoms with Crippen molar-refractivity contribution >= 4 is 23.4 Å². The maximum atomic E-state index is 13.4. The van der Waals surface area contributed by atoms with E-state index in [0.717, 1.165) is 58.8 Å². The highest BCUT2D eigenvalue weighted by molar-refractivity contribution is 5.98. The van der Waals surface area contributed by atoms with E-state index in [9.17, 15) is 19.8 Å². The quantitative estimate of drug-likeness (QED) is 0.390. The van der Waals surface area contributed by atoms with Gasteiger partial charge < -0.3 is 34.5 Å². The van der Waals surface area contributed by atoms with Crippen LogP contribution in [0.15, 0.2) is 40.6 Å². The number of fused-ring (bicyclic) bond motifs is 3.